The third-order valence-corrected chi connectivity index (χ3v) is 6.61. The first-order valence-electron chi connectivity index (χ1n) is 16.4. The molecule has 0 unspecified atom stereocenters. The first-order chi connectivity index (χ1) is 19.3. The van der Waals surface area contributed by atoms with Gasteiger partial charge in [-0.2, -0.15) is 0 Å². The molecule has 7 heteroatoms. The minimum absolute atomic E-state index is 0.116. The van der Waals surface area contributed by atoms with E-state index in [0.29, 0.717) is 72.5 Å². The summed E-state index contributed by atoms with van der Waals surface area (Å²) in [5.74, 6) is -0.116. The van der Waals surface area contributed by atoms with Crippen molar-refractivity contribution in [1.82, 2.24) is 0 Å². The lowest BCUT2D eigenvalue weighted by molar-refractivity contribution is -0.145. The highest BCUT2D eigenvalue weighted by atomic mass is 16.6. The van der Waals surface area contributed by atoms with Crippen molar-refractivity contribution in [3.63, 3.8) is 0 Å². The highest BCUT2D eigenvalue weighted by Crippen LogP contribution is 2.13. The van der Waals surface area contributed by atoms with Crippen molar-refractivity contribution in [1.29, 1.82) is 0 Å². The number of carbonyl (C=O) groups excluding carboxylic acids is 1. The van der Waals surface area contributed by atoms with Crippen molar-refractivity contribution < 1.29 is 33.2 Å². The normalized spacial score (nSPS) is 11.3. The van der Waals surface area contributed by atoms with Crippen molar-refractivity contribution in [2.75, 3.05) is 72.7 Å². The fourth-order valence-electron chi connectivity index (χ4n) is 4.16. The molecule has 0 aliphatic heterocycles. The number of carbonyl (C=O) groups is 1. The second-order valence-corrected chi connectivity index (χ2v) is 10.3. The second kappa shape index (κ2) is 35.3. The van der Waals surface area contributed by atoms with Crippen LogP contribution in [0.3, 0.4) is 0 Å². The number of unbranched alkanes of at least 4 members (excludes halogenated alkanes) is 15. The summed E-state index contributed by atoms with van der Waals surface area (Å²) in [6, 6.07) is 0. The van der Waals surface area contributed by atoms with Gasteiger partial charge in [0.25, 0.3) is 0 Å². The van der Waals surface area contributed by atoms with Crippen molar-refractivity contribution in [3.05, 3.63) is 0 Å². The molecule has 0 N–H and O–H groups in total. The minimum atomic E-state index is -0.116. The Hall–Kier alpha value is -0.730. The smallest absolute Gasteiger partial charge is 0.305 e. The van der Waals surface area contributed by atoms with Crippen molar-refractivity contribution >= 4 is 5.97 Å². The Morgan fingerprint density at radius 3 is 1.05 bits per heavy atom. The molecule has 0 fully saturated rings. The van der Waals surface area contributed by atoms with Gasteiger partial charge in [0.05, 0.1) is 59.5 Å². The summed E-state index contributed by atoms with van der Waals surface area (Å²) in [5, 5.41) is 0. The van der Waals surface area contributed by atoms with E-state index in [2.05, 4.69) is 13.8 Å². The van der Waals surface area contributed by atoms with E-state index < -0.39 is 0 Å². The zero-order valence-electron chi connectivity index (χ0n) is 25.9. The van der Waals surface area contributed by atoms with Crippen LogP contribution in [0.25, 0.3) is 0 Å². The quantitative estimate of drug-likeness (QED) is 0.0590. The van der Waals surface area contributed by atoms with E-state index in [1.54, 1.807) is 0 Å². The fourth-order valence-corrected chi connectivity index (χ4v) is 4.16. The predicted molar refractivity (Wildman–Crippen MR) is 160 cm³/mol. The summed E-state index contributed by atoms with van der Waals surface area (Å²) in [5.41, 5.74) is 0. The first kappa shape index (κ1) is 38.3. The van der Waals surface area contributed by atoms with E-state index >= 15 is 0 Å². The standard InChI is InChI=1S/C32H64O7/c1-3-5-7-8-9-10-11-12-13-14-15-16-17-18-19-20-32(33)39-31-30-38-29-28-37-27-26-36-25-24-35-23-22-34-21-6-4-2/h3-31H2,1-2H3. The number of rotatable bonds is 34. The molecule has 39 heavy (non-hydrogen) atoms. The predicted octanol–water partition coefficient (Wildman–Crippen LogP) is 7.67. The Morgan fingerprint density at radius 2 is 0.667 bits per heavy atom. The van der Waals surface area contributed by atoms with Crippen LogP contribution in [-0.2, 0) is 33.2 Å². The summed E-state index contributed by atoms with van der Waals surface area (Å²) in [7, 11) is 0. The number of ether oxygens (including phenoxy) is 6. The highest BCUT2D eigenvalue weighted by molar-refractivity contribution is 5.69. The molecule has 0 amide bonds. The molecule has 0 bridgehead atoms. The molecule has 0 heterocycles. The van der Waals surface area contributed by atoms with Crippen LogP contribution in [0.1, 0.15) is 129 Å². The summed E-state index contributed by atoms with van der Waals surface area (Å²) < 4.78 is 32.5. The first-order valence-corrected chi connectivity index (χ1v) is 16.4. The van der Waals surface area contributed by atoms with Crippen molar-refractivity contribution in [2.45, 2.75) is 129 Å². The summed E-state index contributed by atoms with van der Waals surface area (Å²) in [6.07, 6.45) is 22.6. The summed E-state index contributed by atoms with van der Waals surface area (Å²) in [4.78, 5) is 11.8. The third kappa shape index (κ3) is 35.2. The van der Waals surface area contributed by atoms with Gasteiger partial charge in [-0.25, -0.2) is 0 Å². The van der Waals surface area contributed by atoms with Gasteiger partial charge in [-0.3, -0.25) is 4.79 Å². The van der Waals surface area contributed by atoms with E-state index in [0.717, 1.165) is 32.3 Å². The van der Waals surface area contributed by atoms with Crippen LogP contribution in [0.5, 0.6) is 0 Å². The largest absolute Gasteiger partial charge is 0.463 e. The topological polar surface area (TPSA) is 72.5 Å². The van der Waals surface area contributed by atoms with Crippen molar-refractivity contribution in [3.8, 4) is 0 Å². The van der Waals surface area contributed by atoms with Crippen LogP contribution in [0.2, 0.25) is 0 Å². The van der Waals surface area contributed by atoms with Crippen LogP contribution in [-0.4, -0.2) is 78.6 Å². The molecule has 0 radical (unpaired) electrons. The van der Waals surface area contributed by atoms with E-state index in [1.807, 2.05) is 0 Å². The molecule has 0 aromatic rings. The van der Waals surface area contributed by atoms with Gasteiger partial charge in [0.1, 0.15) is 6.61 Å². The van der Waals surface area contributed by atoms with E-state index in [9.17, 15) is 4.79 Å². The Morgan fingerprint density at radius 1 is 0.359 bits per heavy atom. The SMILES string of the molecule is CCCCCCCCCCCCCCCCCC(=O)OCCOCCOCCOCCOCCOCCCC. The Balaban J connectivity index is 3.14. The van der Waals surface area contributed by atoms with Gasteiger partial charge >= 0.3 is 5.97 Å². The summed E-state index contributed by atoms with van der Waals surface area (Å²) in [6.45, 7) is 10.4. The van der Waals surface area contributed by atoms with Gasteiger partial charge < -0.3 is 28.4 Å². The Labute approximate surface area is 241 Å². The number of hydrogen-bond acceptors (Lipinski definition) is 7. The third-order valence-electron chi connectivity index (χ3n) is 6.61. The molecule has 7 nitrogen and oxygen atoms in total. The zero-order chi connectivity index (χ0) is 28.3. The van der Waals surface area contributed by atoms with Gasteiger partial charge in [0, 0.05) is 13.0 Å². The molecule has 0 rings (SSSR count). The number of esters is 1. The van der Waals surface area contributed by atoms with Gasteiger partial charge in [0.2, 0.25) is 0 Å². The lowest BCUT2D eigenvalue weighted by atomic mass is 10.0. The molecule has 0 saturated heterocycles. The van der Waals surface area contributed by atoms with Crippen LogP contribution in [0.15, 0.2) is 0 Å². The molecular weight excluding hydrogens is 496 g/mol. The van der Waals surface area contributed by atoms with Crippen LogP contribution >= 0.6 is 0 Å². The molecule has 0 aromatic carbocycles. The highest BCUT2D eigenvalue weighted by Gasteiger charge is 2.03. The summed E-state index contributed by atoms with van der Waals surface area (Å²) >= 11 is 0. The van der Waals surface area contributed by atoms with Crippen LogP contribution in [0, 0.1) is 0 Å². The van der Waals surface area contributed by atoms with Gasteiger partial charge in [-0.1, -0.05) is 110 Å². The zero-order valence-corrected chi connectivity index (χ0v) is 25.9. The molecule has 0 aromatic heterocycles. The molecule has 0 saturated carbocycles. The maximum Gasteiger partial charge on any atom is 0.305 e. The molecule has 0 aliphatic rings. The van der Waals surface area contributed by atoms with E-state index in [-0.39, 0.29) is 5.97 Å². The van der Waals surface area contributed by atoms with Gasteiger partial charge in [-0.05, 0) is 12.8 Å². The average Bonchev–Trinajstić information content (AvgIpc) is 2.94. The molecule has 0 atom stereocenters. The van der Waals surface area contributed by atoms with Gasteiger partial charge in [-0.15, -0.1) is 0 Å². The van der Waals surface area contributed by atoms with Crippen LogP contribution in [0.4, 0.5) is 0 Å². The van der Waals surface area contributed by atoms with Crippen molar-refractivity contribution in [2.24, 2.45) is 0 Å². The molecule has 234 valence electrons. The van der Waals surface area contributed by atoms with E-state index in [4.69, 9.17) is 28.4 Å². The Kier molecular flexibility index (Phi) is 34.6. The van der Waals surface area contributed by atoms with Gasteiger partial charge in [0.15, 0.2) is 0 Å². The van der Waals surface area contributed by atoms with E-state index in [1.165, 1.54) is 83.5 Å². The maximum absolute atomic E-state index is 11.8. The lowest BCUT2D eigenvalue weighted by Gasteiger charge is -2.08. The monoisotopic (exact) mass is 560 g/mol. The average molecular weight is 561 g/mol. The minimum Gasteiger partial charge on any atom is -0.463 e. The molecule has 0 aliphatic carbocycles. The molecule has 0 spiro atoms. The number of hydrogen-bond donors (Lipinski definition) is 0. The molecular formula is C32H64O7. The second-order valence-electron chi connectivity index (χ2n) is 10.3. The fraction of sp³-hybridized carbons (Fsp3) is 0.969. The maximum atomic E-state index is 11.8. The van der Waals surface area contributed by atoms with Crippen LogP contribution < -0.4 is 0 Å². The Bertz CT molecular complexity index is 462. The lowest BCUT2D eigenvalue weighted by Crippen LogP contribution is -2.15.